The number of β-amino-alcohol motifs (C(OH)–C–C–N with tert-alkyl or cyclic N) is 1. The number of piperidine rings is 1. The SMILES string of the molecule is Cc1cnn(C)c1CN1CC[C@H](Cc2ccccc2F)[C@H](O)C1. The fraction of sp³-hybridized carbons (Fsp3) is 0.500. The zero-order valence-corrected chi connectivity index (χ0v) is 13.7. The second-order valence-electron chi connectivity index (χ2n) is 6.54. The van der Waals surface area contributed by atoms with E-state index in [0.717, 1.165) is 19.5 Å². The number of aliphatic hydroxyl groups is 1. The van der Waals surface area contributed by atoms with Crippen LogP contribution in [0.5, 0.6) is 0 Å². The molecule has 23 heavy (non-hydrogen) atoms. The van der Waals surface area contributed by atoms with Gasteiger partial charge in [-0.25, -0.2) is 4.39 Å². The van der Waals surface area contributed by atoms with Gasteiger partial charge in [0, 0.05) is 20.1 Å². The summed E-state index contributed by atoms with van der Waals surface area (Å²) in [6.45, 7) is 4.40. The van der Waals surface area contributed by atoms with Gasteiger partial charge in [-0.05, 0) is 49.4 Å². The highest BCUT2D eigenvalue weighted by Crippen LogP contribution is 2.24. The number of rotatable bonds is 4. The van der Waals surface area contributed by atoms with Crippen LogP contribution in [0.25, 0.3) is 0 Å². The molecule has 1 aromatic heterocycles. The predicted octanol–water partition coefficient (Wildman–Crippen LogP) is 2.29. The molecule has 1 fully saturated rings. The molecule has 1 aromatic carbocycles. The number of benzene rings is 1. The maximum atomic E-state index is 13.8. The van der Waals surface area contributed by atoms with Gasteiger partial charge in [0.1, 0.15) is 5.82 Å². The molecular weight excluding hydrogens is 293 g/mol. The maximum absolute atomic E-state index is 13.8. The second kappa shape index (κ2) is 6.81. The summed E-state index contributed by atoms with van der Waals surface area (Å²) in [6.07, 6.45) is 2.94. The van der Waals surface area contributed by atoms with Crippen LogP contribution in [0.3, 0.4) is 0 Å². The quantitative estimate of drug-likeness (QED) is 0.941. The van der Waals surface area contributed by atoms with E-state index in [1.807, 2.05) is 30.1 Å². The normalized spacial score (nSPS) is 22.4. The first-order valence-electron chi connectivity index (χ1n) is 8.16. The molecule has 1 saturated heterocycles. The lowest BCUT2D eigenvalue weighted by atomic mass is 9.87. The number of likely N-dealkylation sites (tertiary alicyclic amines) is 1. The van der Waals surface area contributed by atoms with E-state index in [2.05, 4.69) is 16.9 Å². The van der Waals surface area contributed by atoms with E-state index in [9.17, 15) is 9.50 Å². The van der Waals surface area contributed by atoms with Gasteiger partial charge in [-0.15, -0.1) is 0 Å². The van der Waals surface area contributed by atoms with E-state index in [4.69, 9.17) is 0 Å². The molecule has 2 heterocycles. The summed E-state index contributed by atoms with van der Waals surface area (Å²) >= 11 is 0. The number of aromatic nitrogens is 2. The molecule has 2 aromatic rings. The van der Waals surface area contributed by atoms with Gasteiger partial charge in [-0.1, -0.05) is 18.2 Å². The number of aliphatic hydroxyl groups excluding tert-OH is 1. The van der Waals surface area contributed by atoms with Crippen molar-refractivity contribution >= 4 is 0 Å². The van der Waals surface area contributed by atoms with Gasteiger partial charge in [0.25, 0.3) is 0 Å². The summed E-state index contributed by atoms with van der Waals surface area (Å²) < 4.78 is 15.7. The fourth-order valence-electron chi connectivity index (χ4n) is 3.39. The van der Waals surface area contributed by atoms with Crippen molar-refractivity contribution in [2.75, 3.05) is 13.1 Å². The van der Waals surface area contributed by atoms with Gasteiger partial charge in [0.15, 0.2) is 0 Å². The van der Waals surface area contributed by atoms with Gasteiger partial charge >= 0.3 is 0 Å². The molecule has 0 bridgehead atoms. The van der Waals surface area contributed by atoms with E-state index >= 15 is 0 Å². The Balaban J connectivity index is 1.60. The van der Waals surface area contributed by atoms with E-state index in [1.54, 1.807) is 6.07 Å². The molecule has 0 radical (unpaired) electrons. The highest BCUT2D eigenvalue weighted by Gasteiger charge is 2.29. The number of aryl methyl sites for hydroxylation is 2. The molecule has 0 spiro atoms. The van der Waals surface area contributed by atoms with Crippen molar-refractivity contribution in [3.8, 4) is 0 Å². The van der Waals surface area contributed by atoms with Crippen molar-refractivity contribution in [3.05, 3.63) is 53.1 Å². The lowest BCUT2D eigenvalue weighted by molar-refractivity contribution is 0.0175. The van der Waals surface area contributed by atoms with Crippen LogP contribution in [0.4, 0.5) is 4.39 Å². The lowest BCUT2D eigenvalue weighted by Crippen LogP contribution is -2.44. The molecule has 0 unspecified atom stereocenters. The van der Waals surface area contributed by atoms with Crippen molar-refractivity contribution in [2.45, 2.75) is 32.4 Å². The Morgan fingerprint density at radius 3 is 2.78 bits per heavy atom. The van der Waals surface area contributed by atoms with Crippen LogP contribution in [0.1, 0.15) is 23.2 Å². The van der Waals surface area contributed by atoms with Gasteiger partial charge in [0.2, 0.25) is 0 Å². The third kappa shape index (κ3) is 3.62. The first kappa shape index (κ1) is 16.1. The van der Waals surface area contributed by atoms with Crippen molar-refractivity contribution in [3.63, 3.8) is 0 Å². The minimum Gasteiger partial charge on any atom is -0.391 e. The first-order valence-corrected chi connectivity index (χ1v) is 8.16. The summed E-state index contributed by atoms with van der Waals surface area (Å²) in [5.41, 5.74) is 3.06. The average Bonchev–Trinajstić information content (AvgIpc) is 2.84. The topological polar surface area (TPSA) is 41.3 Å². The van der Waals surface area contributed by atoms with E-state index in [0.29, 0.717) is 18.5 Å². The number of nitrogens with zero attached hydrogens (tertiary/aromatic N) is 3. The molecule has 1 aliphatic rings. The van der Waals surface area contributed by atoms with Crippen LogP contribution < -0.4 is 0 Å². The molecule has 4 nitrogen and oxygen atoms in total. The fourth-order valence-corrected chi connectivity index (χ4v) is 3.39. The summed E-state index contributed by atoms with van der Waals surface area (Å²) in [6, 6.07) is 6.86. The van der Waals surface area contributed by atoms with Crippen LogP contribution in [0.15, 0.2) is 30.5 Å². The van der Waals surface area contributed by atoms with Crippen LogP contribution >= 0.6 is 0 Å². The Hall–Kier alpha value is -1.72. The molecule has 0 aliphatic carbocycles. The van der Waals surface area contributed by atoms with Crippen molar-refractivity contribution in [1.82, 2.24) is 14.7 Å². The molecule has 1 N–H and O–H groups in total. The van der Waals surface area contributed by atoms with Crippen molar-refractivity contribution in [2.24, 2.45) is 13.0 Å². The zero-order valence-electron chi connectivity index (χ0n) is 13.7. The smallest absolute Gasteiger partial charge is 0.126 e. The zero-order chi connectivity index (χ0) is 16.4. The van der Waals surface area contributed by atoms with E-state index < -0.39 is 6.10 Å². The Morgan fingerprint density at radius 2 is 2.13 bits per heavy atom. The predicted molar refractivity (Wildman–Crippen MR) is 87.4 cm³/mol. The highest BCUT2D eigenvalue weighted by atomic mass is 19.1. The molecule has 1 aliphatic heterocycles. The molecular formula is C18H24FN3O. The molecule has 5 heteroatoms. The van der Waals surface area contributed by atoms with Crippen LogP contribution in [0.2, 0.25) is 0 Å². The second-order valence-corrected chi connectivity index (χ2v) is 6.54. The third-order valence-electron chi connectivity index (χ3n) is 4.89. The standard InChI is InChI=1S/C18H24FN3O/c1-13-10-20-21(2)17(13)11-22-8-7-15(18(23)12-22)9-14-5-3-4-6-16(14)19/h3-6,10,15,18,23H,7-9,11-12H2,1-2H3/t15-,18-/m1/s1. The molecule has 0 saturated carbocycles. The van der Waals surface area contributed by atoms with Gasteiger partial charge in [-0.3, -0.25) is 9.58 Å². The summed E-state index contributed by atoms with van der Waals surface area (Å²) in [5.74, 6) is -0.0524. The monoisotopic (exact) mass is 317 g/mol. The summed E-state index contributed by atoms with van der Waals surface area (Å²) in [4.78, 5) is 2.26. The highest BCUT2D eigenvalue weighted by molar-refractivity contribution is 5.18. The first-order chi connectivity index (χ1) is 11.0. The van der Waals surface area contributed by atoms with Gasteiger partial charge in [-0.2, -0.15) is 5.10 Å². The molecule has 2 atom stereocenters. The molecule has 0 amide bonds. The van der Waals surface area contributed by atoms with Gasteiger partial charge < -0.3 is 5.11 Å². The Kier molecular flexibility index (Phi) is 4.78. The Labute approximate surface area is 136 Å². The van der Waals surface area contributed by atoms with Crippen molar-refractivity contribution < 1.29 is 9.50 Å². The summed E-state index contributed by atoms with van der Waals surface area (Å²) in [7, 11) is 1.95. The molecule has 124 valence electrons. The number of hydrogen-bond donors (Lipinski definition) is 1. The minimum absolute atomic E-state index is 0.121. The van der Waals surface area contributed by atoms with Crippen LogP contribution in [-0.2, 0) is 20.0 Å². The van der Waals surface area contributed by atoms with Crippen molar-refractivity contribution in [1.29, 1.82) is 0 Å². The summed E-state index contributed by atoms with van der Waals surface area (Å²) in [5, 5.41) is 14.7. The van der Waals surface area contributed by atoms with E-state index in [1.165, 1.54) is 17.3 Å². The number of hydrogen-bond acceptors (Lipinski definition) is 3. The Morgan fingerprint density at radius 1 is 1.35 bits per heavy atom. The van der Waals surface area contributed by atoms with Crippen LogP contribution in [0, 0.1) is 18.7 Å². The Bertz CT molecular complexity index is 651. The molecule has 3 rings (SSSR count). The van der Waals surface area contributed by atoms with E-state index in [-0.39, 0.29) is 11.7 Å². The lowest BCUT2D eigenvalue weighted by Gasteiger charge is -2.36. The minimum atomic E-state index is -0.420. The largest absolute Gasteiger partial charge is 0.391 e. The maximum Gasteiger partial charge on any atom is 0.126 e. The average molecular weight is 317 g/mol. The third-order valence-corrected chi connectivity index (χ3v) is 4.89. The van der Waals surface area contributed by atoms with Crippen LogP contribution in [-0.4, -0.2) is 39.0 Å². The van der Waals surface area contributed by atoms with Gasteiger partial charge in [0.05, 0.1) is 18.0 Å². The number of halogens is 1.